The Morgan fingerprint density at radius 2 is 1.89 bits per heavy atom. The molecule has 1 aromatic carbocycles. The van der Waals surface area contributed by atoms with Crippen LogP contribution >= 0.6 is 11.3 Å². The molecule has 1 amide bonds. The van der Waals surface area contributed by atoms with Gasteiger partial charge in [0.25, 0.3) is 5.91 Å². The number of carbonyl (C=O) groups is 2. The highest BCUT2D eigenvalue weighted by molar-refractivity contribution is 7.16. The van der Waals surface area contributed by atoms with E-state index < -0.39 is 5.97 Å². The number of aromatic nitrogens is 4. The van der Waals surface area contributed by atoms with Crippen LogP contribution in [0.3, 0.4) is 0 Å². The molecule has 0 aliphatic rings. The Morgan fingerprint density at radius 1 is 1.14 bits per heavy atom. The molecule has 3 heterocycles. The molecule has 9 heteroatoms. The number of fused-ring (bicyclic) bond motifs is 1. The van der Waals surface area contributed by atoms with Gasteiger partial charge in [0.2, 0.25) is 0 Å². The third-order valence-corrected chi connectivity index (χ3v) is 6.67. The average Bonchev–Trinajstić information content (AvgIpc) is 3.42. The van der Waals surface area contributed by atoms with Gasteiger partial charge in [0.1, 0.15) is 0 Å². The first-order valence-electron chi connectivity index (χ1n) is 11.6. The topological polar surface area (TPSA) is 90.2 Å². The minimum Gasteiger partial charge on any atom is -0.461 e. The van der Waals surface area contributed by atoms with Gasteiger partial charge in [-0.15, -0.1) is 11.3 Å². The van der Waals surface area contributed by atoms with Gasteiger partial charge >= 0.3 is 5.97 Å². The van der Waals surface area contributed by atoms with Gasteiger partial charge in [-0.25, -0.2) is 19.4 Å². The highest BCUT2D eigenvalue weighted by atomic mass is 32.1. The molecule has 0 radical (unpaired) electrons. The van der Waals surface area contributed by atoms with E-state index in [4.69, 9.17) is 9.72 Å². The molecule has 0 N–H and O–H groups in total. The Labute approximate surface area is 208 Å². The van der Waals surface area contributed by atoms with Crippen LogP contribution < -0.4 is 4.90 Å². The molecule has 182 valence electrons. The van der Waals surface area contributed by atoms with Crippen LogP contribution in [0.2, 0.25) is 0 Å². The highest BCUT2D eigenvalue weighted by Crippen LogP contribution is 2.29. The summed E-state index contributed by atoms with van der Waals surface area (Å²) in [7, 11) is 0. The molecule has 35 heavy (non-hydrogen) atoms. The van der Waals surface area contributed by atoms with Gasteiger partial charge < -0.3 is 4.74 Å². The highest BCUT2D eigenvalue weighted by Gasteiger charge is 2.27. The first kappa shape index (κ1) is 24.5. The second-order valence-corrected chi connectivity index (χ2v) is 9.71. The first-order chi connectivity index (χ1) is 16.8. The van der Waals surface area contributed by atoms with Crippen LogP contribution in [0, 0.1) is 13.8 Å². The number of aryl methyl sites for hydroxylation is 2. The lowest BCUT2D eigenvalue weighted by atomic mass is 10.1. The van der Waals surface area contributed by atoms with Gasteiger partial charge in [0.05, 0.1) is 24.1 Å². The maximum absolute atomic E-state index is 13.9. The lowest BCUT2D eigenvalue weighted by Crippen LogP contribution is -2.33. The Hall–Kier alpha value is -3.59. The van der Waals surface area contributed by atoms with Crippen molar-refractivity contribution in [3.8, 4) is 0 Å². The number of esters is 1. The number of ether oxygens (including phenoxy) is 1. The fourth-order valence-electron chi connectivity index (χ4n) is 3.86. The SMILES string of the molecule is CCOC(=O)c1nc(N(CCc2ccccc2)C(=O)c2cc3cnn(C(C)C)c3nc2C)sc1C. The molecule has 0 unspecified atom stereocenters. The molecular formula is C26H29N5O3S. The minimum atomic E-state index is -0.483. The van der Waals surface area contributed by atoms with Crippen molar-refractivity contribution in [2.24, 2.45) is 0 Å². The number of thiazole rings is 1. The quantitative estimate of drug-likeness (QED) is 0.317. The maximum atomic E-state index is 13.9. The van der Waals surface area contributed by atoms with Crippen LogP contribution in [-0.2, 0) is 11.2 Å². The lowest BCUT2D eigenvalue weighted by Gasteiger charge is -2.21. The number of nitrogens with zero attached hydrogens (tertiary/aromatic N) is 5. The Kier molecular flexibility index (Phi) is 7.25. The average molecular weight is 492 g/mol. The van der Waals surface area contributed by atoms with E-state index in [1.807, 2.05) is 68.8 Å². The number of benzene rings is 1. The van der Waals surface area contributed by atoms with Gasteiger partial charge in [0.15, 0.2) is 16.5 Å². The van der Waals surface area contributed by atoms with Crippen LogP contribution in [0.1, 0.15) is 63.8 Å². The van der Waals surface area contributed by atoms with E-state index in [9.17, 15) is 9.59 Å². The first-order valence-corrected chi connectivity index (χ1v) is 12.5. The van der Waals surface area contributed by atoms with Crippen LogP contribution in [0.15, 0.2) is 42.6 Å². The van der Waals surface area contributed by atoms with Crippen molar-refractivity contribution in [1.82, 2.24) is 19.7 Å². The van der Waals surface area contributed by atoms with Crippen molar-refractivity contribution < 1.29 is 14.3 Å². The van der Waals surface area contributed by atoms with Crippen molar-refractivity contribution in [3.05, 3.63) is 70.0 Å². The zero-order chi connectivity index (χ0) is 25.1. The molecule has 8 nitrogen and oxygen atoms in total. The van der Waals surface area contributed by atoms with Gasteiger partial charge in [-0.2, -0.15) is 5.10 Å². The molecule has 4 rings (SSSR count). The molecule has 0 saturated heterocycles. The summed E-state index contributed by atoms with van der Waals surface area (Å²) in [5, 5.41) is 5.70. The molecule has 3 aromatic heterocycles. The predicted octanol–water partition coefficient (Wildman–Crippen LogP) is 5.15. The van der Waals surface area contributed by atoms with Crippen LogP contribution in [-0.4, -0.2) is 44.8 Å². The predicted molar refractivity (Wildman–Crippen MR) is 137 cm³/mol. The van der Waals surface area contributed by atoms with Crippen molar-refractivity contribution >= 4 is 39.4 Å². The fourth-order valence-corrected chi connectivity index (χ4v) is 4.78. The number of anilines is 1. The second kappa shape index (κ2) is 10.4. The maximum Gasteiger partial charge on any atom is 0.358 e. The standard InChI is InChI=1S/C26H29N5O3S/c1-6-34-25(33)22-18(5)35-26(29-22)30(13-12-19-10-8-7-9-11-19)24(32)21-14-20-15-27-31(16(2)3)23(20)28-17(21)4/h7-11,14-16H,6,12-13H2,1-5H3. The third-order valence-electron chi connectivity index (χ3n) is 5.68. The number of rotatable bonds is 8. The summed E-state index contributed by atoms with van der Waals surface area (Å²) in [6, 6.07) is 12.0. The number of hydrogen-bond acceptors (Lipinski definition) is 7. The van der Waals surface area contributed by atoms with Crippen molar-refractivity contribution in [2.75, 3.05) is 18.1 Å². The van der Waals surface area contributed by atoms with Gasteiger partial charge in [-0.1, -0.05) is 30.3 Å². The third kappa shape index (κ3) is 5.09. The number of pyridine rings is 1. The molecule has 0 spiro atoms. The monoisotopic (exact) mass is 491 g/mol. The van der Waals surface area contributed by atoms with Crippen LogP contribution in [0.4, 0.5) is 5.13 Å². The smallest absolute Gasteiger partial charge is 0.358 e. The molecule has 0 aliphatic carbocycles. The molecule has 4 aromatic rings. The Balaban J connectivity index is 1.73. The lowest BCUT2D eigenvalue weighted by molar-refractivity contribution is 0.0519. The van der Waals surface area contributed by atoms with Gasteiger partial charge in [-0.05, 0) is 52.7 Å². The Morgan fingerprint density at radius 3 is 2.57 bits per heavy atom. The Bertz CT molecular complexity index is 1360. The van der Waals surface area contributed by atoms with Crippen LogP contribution in [0.25, 0.3) is 11.0 Å². The zero-order valence-corrected chi connectivity index (χ0v) is 21.4. The van der Waals surface area contributed by atoms with Crippen molar-refractivity contribution in [2.45, 2.75) is 47.1 Å². The van der Waals surface area contributed by atoms with Crippen LogP contribution in [0.5, 0.6) is 0 Å². The molecular weight excluding hydrogens is 462 g/mol. The molecule has 0 saturated carbocycles. The van der Waals surface area contributed by atoms with Gasteiger partial charge in [-0.3, -0.25) is 9.69 Å². The van der Waals surface area contributed by atoms with E-state index in [1.54, 1.807) is 18.0 Å². The van der Waals surface area contributed by atoms with Crippen molar-refractivity contribution in [3.63, 3.8) is 0 Å². The summed E-state index contributed by atoms with van der Waals surface area (Å²) < 4.78 is 6.99. The number of carbonyl (C=O) groups excluding carboxylic acids is 2. The summed E-state index contributed by atoms with van der Waals surface area (Å²) >= 11 is 1.31. The summed E-state index contributed by atoms with van der Waals surface area (Å²) in [6.07, 6.45) is 2.37. The van der Waals surface area contributed by atoms with E-state index in [1.165, 1.54) is 11.3 Å². The second-order valence-electron chi connectivity index (χ2n) is 8.53. The normalized spacial score (nSPS) is 11.3. The summed E-state index contributed by atoms with van der Waals surface area (Å²) in [5.41, 5.74) is 3.20. The van der Waals surface area contributed by atoms with E-state index in [-0.39, 0.29) is 24.2 Å². The largest absolute Gasteiger partial charge is 0.461 e. The number of hydrogen-bond donors (Lipinski definition) is 0. The number of amides is 1. The summed E-state index contributed by atoms with van der Waals surface area (Å²) in [5.74, 6) is -0.697. The van der Waals surface area contributed by atoms with E-state index in [2.05, 4.69) is 10.1 Å². The van der Waals surface area contributed by atoms with E-state index in [0.717, 1.165) is 16.6 Å². The summed E-state index contributed by atoms with van der Waals surface area (Å²) in [6.45, 7) is 10.1. The molecule has 0 bridgehead atoms. The minimum absolute atomic E-state index is 0.155. The zero-order valence-electron chi connectivity index (χ0n) is 20.6. The summed E-state index contributed by atoms with van der Waals surface area (Å²) in [4.78, 5) is 37.8. The molecule has 0 aliphatic heterocycles. The fraction of sp³-hybridized carbons (Fsp3) is 0.346. The van der Waals surface area contributed by atoms with Gasteiger partial charge in [0, 0.05) is 22.8 Å². The van der Waals surface area contributed by atoms with Crippen molar-refractivity contribution in [1.29, 1.82) is 0 Å². The van der Waals surface area contributed by atoms with E-state index in [0.29, 0.717) is 34.2 Å². The molecule has 0 atom stereocenters. The van der Waals surface area contributed by atoms with E-state index >= 15 is 0 Å². The molecule has 0 fully saturated rings.